The molecule has 0 bridgehead atoms. The average Bonchev–Trinajstić information content (AvgIpc) is 2.38. The molecule has 0 aromatic heterocycles. The molecular formula is C15H27ClN2O5. The fourth-order valence-electron chi connectivity index (χ4n) is 0.535. The fourth-order valence-corrected chi connectivity index (χ4v) is 0.535. The molecule has 0 atom stereocenters. The van der Waals surface area contributed by atoms with Gasteiger partial charge in [-0.3, -0.25) is 0 Å². The lowest BCUT2D eigenvalue weighted by molar-refractivity contribution is -0.870. The summed E-state index contributed by atoms with van der Waals surface area (Å²) in [6.07, 6.45) is 1.78. The summed E-state index contributed by atoms with van der Waals surface area (Å²) in [7, 11) is 6.15. The SMILES string of the molecule is C=C(C)C(=O)OCC[N+](C)(C)C.C=CC(=N)[O-].C=CC(=O)O.Cl. The van der Waals surface area contributed by atoms with E-state index in [0.29, 0.717) is 12.2 Å². The maximum Gasteiger partial charge on any atom is 0.333 e. The van der Waals surface area contributed by atoms with Crippen LogP contribution in [0.2, 0.25) is 0 Å². The molecule has 2 N–H and O–H groups in total. The topological polar surface area (TPSA) is 111 Å². The van der Waals surface area contributed by atoms with Crippen LogP contribution in [0.25, 0.3) is 0 Å². The first-order valence-corrected chi connectivity index (χ1v) is 6.23. The molecule has 0 aliphatic carbocycles. The number of carbonyl (C=O) groups excluding carboxylic acids is 1. The minimum atomic E-state index is -0.981. The lowest BCUT2D eigenvalue weighted by atomic mass is 10.4. The van der Waals surface area contributed by atoms with Gasteiger partial charge in [0.1, 0.15) is 13.2 Å². The highest BCUT2D eigenvalue weighted by atomic mass is 35.5. The molecule has 134 valence electrons. The van der Waals surface area contributed by atoms with E-state index < -0.39 is 11.9 Å². The number of halogens is 1. The zero-order valence-electron chi connectivity index (χ0n) is 14.1. The van der Waals surface area contributed by atoms with Gasteiger partial charge in [0, 0.05) is 11.6 Å². The molecule has 7 nitrogen and oxygen atoms in total. The van der Waals surface area contributed by atoms with Crippen LogP contribution in [0.15, 0.2) is 37.5 Å². The molecule has 0 aliphatic heterocycles. The normalized spacial score (nSPS) is 8.52. The van der Waals surface area contributed by atoms with Crippen molar-refractivity contribution in [3.05, 3.63) is 37.5 Å². The summed E-state index contributed by atoms with van der Waals surface area (Å²) in [4.78, 5) is 20.1. The lowest BCUT2D eigenvalue weighted by Gasteiger charge is -2.23. The zero-order chi connectivity index (χ0) is 18.3. The maximum atomic E-state index is 10.9. The Morgan fingerprint density at radius 3 is 1.78 bits per heavy atom. The second kappa shape index (κ2) is 16.3. The molecular weight excluding hydrogens is 324 g/mol. The van der Waals surface area contributed by atoms with E-state index in [1.54, 1.807) is 6.92 Å². The predicted molar refractivity (Wildman–Crippen MR) is 91.7 cm³/mol. The van der Waals surface area contributed by atoms with Crippen molar-refractivity contribution >= 4 is 30.2 Å². The maximum absolute atomic E-state index is 10.9. The first kappa shape index (κ1) is 29.0. The van der Waals surface area contributed by atoms with Gasteiger partial charge in [0.15, 0.2) is 0 Å². The minimum Gasteiger partial charge on any atom is -0.859 e. The van der Waals surface area contributed by atoms with Gasteiger partial charge in [0.25, 0.3) is 0 Å². The van der Waals surface area contributed by atoms with Crippen LogP contribution in [0.1, 0.15) is 6.92 Å². The molecule has 0 radical (unpaired) electrons. The highest BCUT2D eigenvalue weighted by Crippen LogP contribution is 1.94. The van der Waals surface area contributed by atoms with Gasteiger partial charge in [-0.2, -0.15) is 0 Å². The number of hydrogen-bond donors (Lipinski definition) is 2. The molecule has 0 heterocycles. The third-order valence-corrected chi connectivity index (χ3v) is 1.70. The Balaban J connectivity index is -0.000000137. The first-order valence-electron chi connectivity index (χ1n) is 6.23. The Morgan fingerprint density at radius 2 is 1.61 bits per heavy atom. The summed E-state index contributed by atoms with van der Waals surface area (Å²) < 4.78 is 5.72. The summed E-state index contributed by atoms with van der Waals surface area (Å²) in [5.74, 6) is -2.02. The van der Waals surface area contributed by atoms with Crippen LogP contribution >= 0.6 is 12.4 Å². The number of hydrogen-bond acceptors (Lipinski definition) is 5. The number of rotatable bonds is 6. The van der Waals surface area contributed by atoms with Crippen molar-refractivity contribution in [2.75, 3.05) is 34.3 Å². The summed E-state index contributed by atoms with van der Waals surface area (Å²) in [5, 5.41) is 23.0. The largest absolute Gasteiger partial charge is 0.859 e. The van der Waals surface area contributed by atoms with E-state index in [0.717, 1.165) is 23.2 Å². The van der Waals surface area contributed by atoms with Crippen LogP contribution in [-0.2, 0) is 14.3 Å². The van der Waals surface area contributed by atoms with Crippen molar-refractivity contribution in [2.24, 2.45) is 0 Å². The number of carboxylic acid groups (broad SMARTS) is 1. The highest BCUT2D eigenvalue weighted by Gasteiger charge is 2.09. The monoisotopic (exact) mass is 350 g/mol. The number of carboxylic acids is 1. The molecule has 0 saturated heterocycles. The van der Waals surface area contributed by atoms with Gasteiger partial charge in [0.05, 0.1) is 21.1 Å². The predicted octanol–water partition coefficient (Wildman–Crippen LogP) is 1.00. The molecule has 0 aliphatic rings. The Hall–Kier alpha value is -2.12. The van der Waals surface area contributed by atoms with Crippen LogP contribution in [0.4, 0.5) is 0 Å². The summed E-state index contributed by atoms with van der Waals surface area (Å²) in [6.45, 7) is 12.4. The number of ether oxygens (including phenoxy) is 1. The lowest BCUT2D eigenvalue weighted by Crippen LogP contribution is -2.38. The van der Waals surface area contributed by atoms with Gasteiger partial charge < -0.3 is 24.8 Å². The molecule has 0 aromatic carbocycles. The van der Waals surface area contributed by atoms with E-state index in [9.17, 15) is 14.7 Å². The highest BCUT2D eigenvalue weighted by molar-refractivity contribution is 5.86. The number of quaternary nitrogens is 1. The number of likely N-dealkylation sites (N-methyl/N-ethyl adjacent to an activating group) is 1. The third-order valence-electron chi connectivity index (χ3n) is 1.70. The summed E-state index contributed by atoms with van der Waals surface area (Å²) >= 11 is 0. The van der Waals surface area contributed by atoms with Gasteiger partial charge in [-0.05, 0) is 12.8 Å². The van der Waals surface area contributed by atoms with Crippen LogP contribution in [0.3, 0.4) is 0 Å². The molecule has 23 heavy (non-hydrogen) atoms. The van der Waals surface area contributed by atoms with Crippen LogP contribution in [0, 0.1) is 5.41 Å². The second-order valence-corrected chi connectivity index (χ2v) is 5.04. The molecule has 0 spiro atoms. The molecule has 0 aromatic rings. The Morgan fingerprint density at radius 1 is 1.26 bits per heavy atom. The molecule has 0 unspecified atom stereocenters. The Labute approximate surface area is 144 Å². The minimum absolute atomic E-state index is 0. The molecule has 0 fully saturated rings. The third kappa shape index (κ3) is 38.3. The smallest absolute Gasteiger partial charge is 0.333 e. The number of carbonyl (C=O) groups is 2. The number of esters is 1. The Kier molecular flexibility index (Phi) is 20.5. The molecule has 0 amide bonds. The van der Waals surface area contributed by atoms with Crippen molar-refractivity contribution in [1.82, 2.24) is 0 Å². The van der Waals surface area contributed by atoms with E-state index in [1.165, 1.54) is 0 Å². The number of nitrogens with zero attached hydrogens (tertiary/aromatic N) is 1. The van der Waals surface area contributed by atoms with Crippen molar-refractivity contribution in [2.45, 2.75) is 6.92 Å². The average molecular weight is 351 g/mol. The van der Waals surface area contributed by atoms with Crippen molar-refractivity contribution in [3.63, 3.8) is 0 Å². The van der Waals surface area contributed by atoms with Gasteiger partial charge in [-0.25, -0.2) is 9.59 Å². The van der Waals surface area contributed by atoms with Crippen molar-refractivity contribution in [1.29, 1.82) is 5.41 Å². The molecule has 0 saturated carbocycles. The van der Waals surface area contributed by atoms with Gasteiger partial charge in [0.2, 0.25) is 0 Å². The number of nitrogens with one attached hydrogen (secondary N) is 1. The van der Waals surface area contributed by atoms with Crippen molar-refractivity contribution < 1.29 is 29.0 Å². The van der Waals surface area contributed by atoms with E-state index in [-0.39, 0.29) is 18.4 Å². The number of aliphatic carboxylic acids is 1. The van der Waals surface area contributed by atoms with E-state index in [4.69, 9.17) is 15.3 Å². The quantitative estimate of drug-likeness (QED) is 0.244. The summed E-state index contributed by atoms with van der Waals surface area (Å²) in [6, 6.07) is 0. The van der Waals surface area contributed by atoms with Crippen LogP contribution in [-0.4, -0.2) is 61.7 Å². The molecule has 0 rings (SSSR count). The van der Waals surface area contributed by atoms with E-state index >= 15 is 0 Å². The van der Waals surface area contributed by atoms with Crippen molar-refractivity contribution in [3.8, 4) is 0 Å². The van der Waals surface area contributed by atoms with Gasteiger partial charge >= 0.3 is 11.9 Å². The second-order valence-electron chi connectivity index (χ2n) is 5.04. The zero-order valence-corrected chi connectivity index (χ0v) is 14.9. The standard InChI is InChI=1S/C9H18NO2.C3H5NO.C3H4O2.ClH/c1-8(2)9(11)12-7-6-10(3,4)5;2*1-2-3(4)5;/h1,6-7H2,2-5H3;2H,1H2,(H2,4,5);2H,1H2,(H,4,5);1H/q+1;;;/p-1. The fraction of sp³-hybridized carbons (Fsp3) is 0.400. The summed E-state index contributed by atoms with van der Waals surface area (Å²) in [5.41, 5.74) is 0.455. The van der Waals surface area contributed by atoms with Gasteiger partial charge in [-0.15, -0.1) is 12.4 Å². The van der Waals surface area contributed by atoms with E-state index in [2.05, 4.69) is 40.9 Å². The first-order chi connectivity index (χ1) is 9.87. The van der Waals surface area contributed by atoms with Crippen LogP contribution in [0.5, 0.6) is 0 Å². The van der Waals surface area contributed by atoms with Gasteiger partial charge in [-0.1, -0.05) is 25.8 Å². The van der Waals surface area contributed by atoms with Crippen LogP contribution < -0.4 is 5.11 Å². The Bertz CT molecular complexity index is 397. The molecule has 8 heteroatoms. The van der Waals surface area contributed by atoms with E-state index in [1.807, 2.05) is 0 Å².